The second-order valence-electron chi connectivity index (χ2n) is 32.7. The predicted molar refractivity (Wildman–Crippen MR) is 447 cm³/mol. The summed E-state index contributed by atoms with van der Waals surface area (Å²) in [7, 11) is -8.92. The first kappa shape index (κ1) is 109. The SMILES string of the molecule is CCCCCCCCCCCCCCCC(=O)OCC(COP(=O)(O)OCCNC(=O)CCCCOC(C)(C)C)OC(=O)CCCCCCCCCCCCCCC.CCCCCCCCCCCCCCCC(=O)OCC(COP(=O)(O)OCCNC(C)(C)C)OC(=O)CCCCCCCCCCCCCCC. The number of phosphoric ester groups is 2. The van der Waals surface area contributed by atoms with Crippen LogP contribution in [0.4, 0.5) is 0 Å². The average Bonchev–Trinajstić information content (AvgIpc) is 0.918. The molecule has 0 rings (SSSR count). The molecule has 0 fully saturated rings. The van der Waals surface area contributed by atoms with E-state index in [1.165, 1.54) is 250 Å². The van der Waals surface area contributed by atoms with Gasteiger partial charge < -0.3 is 44.1 Å². The van der Waals surface area contributed by atoms with Gasteiger partial charge in [-0.15, -0.1) is 0 Å². The maximum absolute atomic E-state index is 12.7. The molecule has 109 heavy (non-hydrogen) atoms. The molecule has 0 aliphatic heterocycles. The van der Waals surface area contributed by atoms with E-state index in [0.29, 0.717) is 45.3 Å². The molecule has 0 saturated heterocycles. The van der Waals surface area contributed by atoms with Gasteiger partial charge in [-0.05, 0) is 80.1 Å². The molecule has 0 spiro atoms. The lowest BCUT2D eigenvalue weighted by atomic mass is 10.0. The molecule has 22 heteroatoms. The number of rotatable bonds is 81. The van der Waals surface area contributed by atoms with Crippen molar-refractivity contribution >= 4 is 45.4 Å². The number of phosphoric acid groups is 2. The molecule has 0 radical (unpaired) electrons. The molecule has 0 aromatic heterocycles. The summed E-state index contributed by atoms with van der Waals surface area (Å²) in [4.78, 5) is 82.9. The minimum absolute atomic E-state index is 0.0251. The second-order valence-corrected chi connectivity index (χ2v) is 35.6. The lowest BCUT2D eigenvalue weighted by Gasteiger charge is -2.22. The molecule has 1 amide bonds. The zero-order valence-electron chi connectivity index (χ0n) is 72.1. The summed E-state index contributed by atoms with van der Waals surface area (Å²) < 4.78 is 73.1. The van der Waals surface area contributed by atoms with E-state index in [9.17, 15) is 42.9 Å². The zero-order valence-corrected chi connectivity index (χ0v) is 73.8. The summed E-state index contributed by atoms with van der Waals surface area (Å²) in [5, 5.41) is 5.84. The third-order valence-corrected chi connectivity index (χ3v) is 21.2. The Morgan fingerprint density at radius 2 is 0.550 bits per heavy atom. The molecule has 0 aromatic carbocycles. The molecule has 0 aliphatic rings. The molecule has 0 saturated carbocycles. The standard InChI is InChI=1S/C46H90NO10P.C41H82NO8P/c1-6-8-10-12-14-16-18-20-22-24-26-28-30-35-44(49)53-40-42(57-45(50)36-31-29-27-25-23-21-19-17-15-13-11-9-7-2)41-56-58(51,52)55-39-37-47-43(48)34-32-33-38-54-46(3,4)5;1-6-8-10-12-14-16-18-20-22-24-26-28-30-32-39(43)47-36-38(37-49-51(45,46)48-35-34-42-41(3,4)5)50-40(44)33-31-29-27-25-23-21-19-17-15-13-11-9-7-2/h42H,6-41H2,1-5H3,(H,47,48)(H,51,52);38,42H,6-37H2,1-5H3,(H,45,46). The molecule has 0 bridgehead atoms. The molecule has 0 heterocycles. The van der Waals surface area contributed by atoms with E-state index >= 15 is 0 Å². The lowest BCUT2D eigenvalue weighted by Crippen LogP contribution is -2.37. The van der Waals surface area contributed by atoms with Gasteiger partial charge in [0.25, 0.3) is 0 Å². The normalized spacial score (nSPS) is 13.4. The summed E-state index contributed by atoms with van der Waals surface area (Å²) in [5.74, 6) is -1.86. The van der Waals surface area contributed by atoms with Crippen LogP contribution >= 0.6 is 15.6 Å². The first-order valence-electron chi connectivity index (χ1n) is 45.0. The number of esters is 4. The van der Waals surface area contributed by atoms with Gasteiger partial charge in [0.1, 0.15) is 13.2 Å². The summed E-state index contributed by atoms with van der Waals surface area (Å²) in [6.07, 6.45) is 63.7. The smallest absolute Gasteiger partial charge is 0.462 e. The van der Waals surface area contributed by atoms with Gasteiger partial charge in [-0.3, -0.25) is 42.1 Å². The Kier molecular flexibility index (Phi) is 77.7. The van der Waals surface area contributed by atoms with Crippen molar-refractivity contribution in [2.24, 2.45) is 0 Å². The molecule has 20 nitrogen and oxygen atoms in total. The summed E-state index contributed by atoms with van der Waals surface area (Å²) in [6, 6.07) is 0. The van der Waals surface area contributed by atoms with Gasteiger partial charge in [0.2, 0.25) is 5.91 Å². The van der Waals surface area contributed by atoms with Crippen LogP contribution in [0.15, 0.2) is 0 Å². The number of unbranched alkanes of at least 4 members (excludes halogenated alkanes) is 49. The van der Waals surface area contributed by atoms with E-state index in [0.717, 1.165) is 77.0 Å². The minimum atomic E-state index is -4.54. The molecular formula is C87H172N2O18P2. The lowest BCUT2D eigenvalue weighted by molar-refractivity contribution is -0.161. The predicted octanol–water partition coefficient (Wildman–Crippen LogP) is 24.6. The molecule has 0 aliphatic carbocycles. The van der Waals surface area contributed by atoms with Crippen LogP contribution in [-0.4, -0.2) is 122 Å². The van der Waals surface area contributed by atoms with E-state index in [1.807, 2.05) is 41.5 Å². The fraction of sp³-hybridized carbons (Fsp3) is 0.943. The highest BCUT2D eigenvalue weighted by Gasteiger charge is 2.28. The van der Waals surface area contributed by atoms with E-state index in [-0.39, 0.29) is 75.3 Å². The number of carbonyl (C=O) groups is 5. The van der Waals surface area contributed by atoms with Crippen LogP contribution in [-0.2, 0) is 74.9 Å². The summed E-state index contributed by atoms with van der Waals surface area (Å²) in [5.41, 5.74) is -0.379. The van der Waals surface area contributed by atoms with Crippen LogP contribution in [0.1, 0.15) is 448 Å². The van der Waals surface area contributed by atoms with Crippen molar-refractivity contribution in [2.75, 3.05) is 59.3 Å². The van der Waals surface area contributed by atoms with Gasteiger partial charge in [-0.1, -0.05) is 336 Å². The van der Waals surface area contributed by atoms with Crippen LogP contribution in [0.2, 0.25) is 0 Å². The van der Waals surface area contributed by atoms with Crippen molar-refractivity contribution in [2.45, 2.75) is 471 Å². The number of hydrogen-bond acceptors (Lipinski definition) is 17. The van der Waals surface area contributed by atoms with Gasteiger partial charge in [0, 0.05) is 57.3 Å². The van der Waals surface area contributed by atoms with Crippen molar-refractivity contribution in [3.05, 3.63) is 0 Å². The van der Waals surface area contributed by atoms with Crippen LogP contribution in [0.3, 0.4) is 0 Å². The third kappa shape index (κ3) is 87.7. The maximum atomic E-state index is 12.7. The van der Waals surface area contributed by atoms with E-state index in [4.69, 9.17) is 41.8 Å². The van der Waals surface area contributed by atoms with Gasteiger partial charge in [0.15, 0.2) is 12.2 Å². The van der Waals surface area contributed by atoms with E-state index in [2.05, 4.69) is 38.3 Å². The first-order valence-corrected chi connectivity index (χ1v) is 48.0. The maximum Gasteiger partial charge on any atom is 0.472 e. The van der Waals surface area contributed by atoms with Crippen LogP contribution < -0.4 is 10.6 Å². The van der Waals surface area contributed by atoms with Gasteiger partial charge in [-0.25, -0.2) is 9.13 Å². The van der Waals surface area contributed by atoms with Gasteiger partial charge in [0.05, 0.1) is 32.0 Å². The number of nitrogens with one attached hydrogen (secondary N) is 2. The quantitative estimate of drug-likeness (QED) is 0.0191. The molecule has 648 valence electrons. The highest BCUT2D eigenvalue weighted by atomic mass is 31.2. The Hall–Kier alpha value is -2.51. The monoisotopic (exact) mass is 1600 g/mol. The fourth-order valence-corrected chi connectivity index (χ4v) is 14.1. The van der Waals surface area contributed by atoms with E-state index < -0.39 is 59.0 Å². The summed E-state index contributed by atoms with van der Waals surface area (Å²) in [6.45, 7) is 20.2. The Balaban J connectivity index is 0. The highest BCUT2D eigenvalue weighted by molar-refractivity contribution is 7.47. The van der Waals surface area contributed by atoms with E-state index in [1.54, 1.807) is 0 Å². The minimum Gasteiger partial charge on any atom is -0.462 e. The first-order chi connectivity index (χ1) is 52.4. The number of carbonyl (C=O) groups excluding carboxylic acids is 5. The zero-order chi connectivity index (χ0) is 80.9. The average molecular weight is 1600 g/mol. The van der Waals surface area contributed by atoms with Crippen molar-refractivity contribution < 1.29 is 84.7 Å². The third-order valence-electron chi connectivity index (χ3n) is 19.3. The van der Waals surface area contributed by atoms with Crippen LogP contribution in [0.5, 0.6) is 0 Å². The largest absolute Gasteiger partial charge is 0.472 e. The fourth-order valence-electron chi connectivity index (χ4n) is 12.6. The number of amides is 1. The van der Waals surface area contributed by atoms with Crippen molar-refractivity contribution in [1.29, 1.82) is 0 Å². The Labute approximate surface area is 668 Å². The summed E-state index contributed by atoms with van der Waals surface area (Å²) >= 11 is 0. The highest BCUT2D eigenvalue weighted by Crippen LogP contribution is 2.44. The number of ether oxygens (including phenoxy) is 5. The van der Waals surface area contributed by atoms with Crippen molar-refractivity contribution in [3.8, 4) is 0 Å². The van der Waals surface area contributed by atoms with Crippen LogP contribution in [0, 0.1) is 0 Å². The second kappa shape index (κ2) is 78.0. The topological polar surface area (TPSA) is 267 Å². The molecule has 4 N–H and O–H groups in total. The van der Waals surface area contributed by atoms with Crippen molar-refractivity contribution in [1.82, 2.24) is 10.6 Å². The molecule has 0 aromatic rings. The Morgan fingerprint density at radius 1 is 0.303 bits per heavy atom. The molecule has 4 unspecified atom stereocenters. The Morgan fingerprint density at radius 3 is 0.817 bits per heavy atom. The van der Waals surface area contributed by atoms with Gasteiger partial charge in [-0.2, -0.15) is 0 Å². The molecule has 4 atom stereocenters. The Bertz CT molecular complexity index is 2160. The van der Waals surface area contributed by atoms with Crippen molar-refractivity contribution in [3.63, 3.8) is 0 Å². The number of hydrogen-bond donors (Lipinski definition) is 4. The van der Waals surface area contributed by atoms with Gasteiger partial charge >= 0.3 is 39.5 Å². The van der Waals surface area contributed by atoms with Crippen LogP contribution in [0.25, 0.3) is 0 Å². The molecular weight excluding hydrogens is 1420 g/mol.